The van der Waals surface area contributed by atoms with Gasteiger partial charge in [-0.25, -0.2) is 0 Å². The van der Waals surface area contributed by atoms with Crippen LogP contribution in [0.3, 0.4) is 0 Å². The monoisotopic (exact) mass is 325 g/mol. The summed E-state index contributed by atoms with van der Waals surface area (Å²) in [5, 5.41) is 13.0. The van der Waals surface area contributed by atoms with Crippen molar-refractivity contribution < 1.29 is 19.3 Å². The fraction of sp³-hybridized carbons (Fsp3) is 0.667. The summed E-state index contributed by atoms with van der Waals surface area (Å²) in [5.74, 6) is 2.04. The summed E-state index contributed by atoms with van der Waals surface area (Å²) in [6, 6.07) is 7.75. The number of ether oxygens (including phenoxy) is 3. The fourth-order valence-electron chi connectivity index (χ4n) is 1.79. The second-order valence-electron chi connectivity index (χ2n) is 6.32. The molecule has 5 nitrogen and oxygen atoms in total. The highest BCUT2D eigenvalue weighted by molar-refractivity contribution is 5.31. The first-order valence-electron chi connectivity index (χ1n) is 8.32. The molecule has 1 rings (SSSR count). The minimum absolute atomic E-state index is 0.267. The Morgan fingerprint density at radius 3 is 2.09 bits per heavy atom. The van der Waals surface area contributed by atoms with Crippen molar-refractivity contribution in [1.29, 1.82) is 0 Å². The summed E-state index contributed by atoms with van der Waals surface area (Å²) in [4.78, 5) is 0. The molecule has 0 saturated heterocycles. The van der Waals surface area contributed by atoms with E-state index in [4.69, 9.17) is 14.2 Å². The Hall–Kier alpha value is -1.30. The molecule has 0 spiro atoms. The van der Waals surface area contributed by atoms with Crippen molar-refractivity contribution in [2.45, 2.75) is 39.8 Å². The molecule has 0 amide bonds. The maximum atomic E-state index is 9.79. The number of nitrogens with one attached hydrogen (secondary N) is 1. The number of benzene rings is 1. The summed E-state index contributed by atoms with van der Waals surface area (Å²) < 4.78 is 16.6. The smallest absolute Gasteiger partial charge is 0.119 e. The summed E-state index contributed by atoms with van der Waals surface area (Å²) in [5.41, 5.74) is 0. The average molecular weight is 325 g/mol. The van der Waals surface area contributed by atoms with Gasteiger partial charge in [-0.2, -0.15) is 0 Å². The lowest BCUT2D eigenvalue weighted by atomic mass is 10.2. The highest BCUT2D eigenvalue weighted by Crippen LogP contribution is 2.17. The van der Waals surface area contributed by atoms with E-state index in [0.717, 1.165) is 18.1 Å². The Bertz CT molecular complexity index is 406. The maximum absolute atomic E-state index is 9.79. The summed E-state index contributed by atoms with van der Waals surface area (Å²) in [7, 11) is 0. The molecule has 1 aromatic rings. The molecule has 0 aromatic heterocycles. The van der Waals surface area contributed by atoms with E-state index in [0.29, 0.717) is 31.7 Å². The minimum atomic E-state index is -0.522. The first kappa shape index (κ1) is 19.7. The number of aliphatic hydroxyl groups is 1. The molecule has 0 aliphatic heterocycles. The van der Waals surface area contributed by atoms with Crippen LogP contribution in [-0.2, 0) is 4.74 Å². The second kappa shape index (κ2) is 11.3. The molecule has 0 radical (unpaired) electrons. The molecular weight excluding hydrogens is 294 g/mol. The van der Waals surface area contributed by atoms with Crippen LogP contribution in [0.25, 0.3) is 0 Å². The molecule has 0 aliphatic carbocycles. The van der Waals surface area contributed by atoms with Gasteiger partial charge in [0.05, 0.1) is 6.61 Å². The van der Waals surface area contributed by atoms with Crippen LogP contribution in [0.4, 0.5) is 0 Å². The third-order valence-corrected chi connectivity index (χ3v) is 2.98. The Morgan fingerprint density at radius 2 is 1.52 bits per heavy atom. The van der Waals surface area contributed by atoms with Crippen LogP contribution in [-0.4, -0.2) is 50.2 Å². The van der Waals surface area contributed by atoms with Crippen LogP contribution in [0.1, 0.15) is 27.7 Å². The van der Waals surface area contributed by atoms with Gasteiger partial charge >= 0.3 is 0 Å². The van der Waals surface area contributed by atoms with Gasteiger partial charge in [-0.05, 0) is 30.2 Å². The van der Waals surface area contributed by atoms with Gasteiger partial charge in [-0.1, -0.05) is 27.7 Å². The van der Waals surface area contributed by atoms with Gasteiger partial charge in [0.2, 0.25) is 0 Å². The van der Waals surface area contributed by atoms with Gasteiger partial charge in [0.15, 0.2) is 0 Å². The van der Waals surface area contributed by atoms with Gasteiger partial charge in [0, 0.05) is 19.2 Å². The first-order chi connectivity index (χ1) is 11.0. The molecule has 1 atom stereocenters. The van der Waals surface area contributed by atoms with E-state index in [1.54, 1.807) is 0 Å². The Morgan fingerprint density at radius 1 is 0.913 bits per heavy atom. The zero-order valence-electron chi connectivity index (χ0n) is 14.7. The van der Waals surface area contributed by atoms with E-state index in [1.165, 1.54) is 0 Å². The van der Waals surface area contributed by atoms with Gasteiger partial charge in [0.25, 0.3) is 0 Å². The Labute approximate surface area is 139 Å². The van der Waals surface area contributed by atoms with E-state index >= 15 is 0 Å². The van der Waals surface area contributed by atoms with E-state index in [2.05, 4.69) is 19.2 Å². The van der Waals surface area contributed by atoms with Crippen LogP contribution in [0.15, 0.2) is 24.3 Å². The normalized spacial score (nSPS) is 12.7. The molecule has 0 heterocycles. The van der Waals surface area contributed by atoms with Crippen LogP contribution in [0.5, 0.6) is 11.5 Å². The van der Waals surface area contributed by atoms with E-state index in [1.807, 2.05) is 38.1 Å². The average Bonchev–Trinajstić information content (AvgIpc) is 2.51. The Balaban J connectivity index is 2.20. The van der Waals surface area contributed by atoms with Crippen molar-refractivity contribution in [2.75, 3.05) is 33.0 Å². The van der Waals surface area contributed by atoms with Gasteiger partial charge < -0.3 is 24.6 Å². The van der Waals surface area contributed by atoms with Crippen molar-refractivity contribution in [1.82, 2.24) is 5.32 Å². The topological polar surface area (TPSA) is 60.0 Å². The van der Waals surface area contributed by atoms with Crippen molar-refractivity contribution in [3.63, 3.8) is 0 Å². The van der Waals surface area contributed by atoms with Crippen molar-refractivity contribution in [3.8, 4) is 11.5 Å². The predicted octanol–water partition coefficient (Wildman–Crippen LogP) is 2.48. The first-order valence-corrected chi connectivity index (χ1v) is 8.32. The van der Waals surface area contributed by atoms with E-state index < -0.39 is 6.10 Å². The third kappa shape index (κ3) is 10.2. The van der Waals surface area contributed by atoms with Crippen molar-refractivity contribution in [3.05, 3.63) is 24.3 Å². The zero-order valence-corrected chi connectivity index (χ0v) is 14.7. The SMILES string of the molecule is CC(C)COCCOc1ccc(OCC(O)CNC(C)C)cc1. The lowest BCUT2D eigenvalue weighted by Crippen LogP contribution is -2.35. The second-order valence-corrected chi connectivity index (χ2v) is 6.32. The standard InChI is InChI=1S/C18H31NO4/c1-14(2)12-21-9-10-22-17-5-7-18(8-6-17)23-13-16(20)11-19-15(3)4/h5-8,14-16,19-20H,9-13H2,1-4H3. The Kier molecular flexibility index (Phi) is 9.67. The van der Waals surface area contributed by atoms with Crippen LogP contribution < -0.4 is 14.8 Å². The molecule has 1 unspecified atom stereocenters. The molecule has 132 valence electrons. The number of hydrogen-bond donors (Lipinski definition) is 2. The fourth-order valence-corrected chi connectivity index (χ4v) is 1.79. The van der Waals surface area contributed by atoms with Gasteiger partial charge in [-0.15, -0.1) is 0 Å². The molecular formula is C18H31NO4. The lowest BCUT2D eigenvalue weighted by Gasteiger charge is -2.15. The van der Waals surface area contributed by atoms with Crippen LogP contribution in [0.2, 0.25) is 0 Å². The molecule has 2 N–H and O–H groups in total. The molecule has 1 aromatic carbocycles. The maximum Gasteiger partial charge on any atom is 0.119 e. The molecule has 0 fully saturated rings. The van der Waals surface area contributed by atoms with Gasteiger partial charge in [0.1, 0.15) is 30.8 Å². The number of aliphatic hydroxyl groups excluding tert-OH is 1. The highest BCUT2D eigenvalue weighted by Gasteiger charge is 2.06. The largest absolute Gasteiger partial charge is 0.491 e. The summed E-state index contributed by atoms with van der Waals surface area (Å²) in [6.45, 7) is 11.0. The highest BCUT2D eigenvalue weighted by atomic mass is 16.5. The summed E-state index contributed by atoms with van der Waals surface area (Å²) in [6.07, 6.45) is -0.522. The quantitative estimate of drug-likeness (QED) is 0.578. The van der Waals surface area contributed by atoms with E-state index in [9.17, 15) is 5.11 Å². The number of rotatable bonds is 12. The molecule has 5 heteroatoms. The van der Waals surface area contributed by atoms with Crippen LogP contribution >= 0.6 is 0 Å². The predicted molar refractivity (Wildman–Crippen MR) is 92.2 cm³/mol. The van der Waals surface area contributed by atoms with Crippen LogP contribution in [0, 0.1) is 5.92 Å². The van der Waals surface area contributed by atoms with Crippen molar-refractivity contribution >= 4 is 0 Å². The van der Waals surface area contributed by atoms with Crippen molar-refractivity contribution in [2.24, 2.45) is 5.92 Å². The number of hydrogen-bond acceptors (Lipinski definition) is 5. The zero-order chi connectivity index (χ0) is 17.1. The van der Waals surface area contributed by atoms with Gasteiger partial charge in [-0.3, -0.25) is 0 Å². The molecule has 23 heavy (non-hydrogen) atoms. The molecule has 0 aliphatic rings. The third-order valence-electron chi connectivity index (χ3n) is 2.98. The minimum Gasteiger partial charge on any atom is -0.491 e. The molecule has 0 bridgehead atoms. The summed E-state index contributed by atoms with van der Waals surface area (Å²) >= 11 is 0. The lowest BCUT2D eigenvalue weighted by molar-refractivity contribution is 0.0818. The molecule has 0 saturated carbocycles. The van der Waals surface area contributed by atoms with E-state index in [-0.39, 0.29) is 6.61 Å².